The van der Waals surface area contributed by atoms with Crippen molar-refractivity contribution < 1.29 is 24.3 Å². The lowest BCUT2D eigenvalue weighted by atomic mass is 9.88. The molecule has 116 valence electrons. The van der Waals surface area contributed by atoms with Crippen LogP contribution < -0.4 is 0 Å². The van der Waals surface area contributed by atoms with Crippen LogP contribution in [0.5, 0.6) is 0 Å². The van der Waals surface area contributed by atoms with Crippen LogP contribution in [0, 0.1) is 5.92 Å². The molecule has 1 aliphatic carbocycles. The topological polar surface area (TPSA) is 74.6 Å². The number of carboxylic acid groups (broad SMARTS) is 1. The summed E-state index contributed by atoms with van der Waals surface area (Å²) in [6.07, 6.45) is 5.30. The number of carboxylic acids is 1. The Morgan fingerprint density at radius 2 is 1.75 bits per heavy atom. The van der Waals surface area contributed by atoms with E-state index in [-0.39, 0.29) is 18.7 Å². The largest absolute Gasteiger partial charge is 0.481 e. The number of nitrogens with zero attached hydrogens (tertiary/aromatic N) is 1. The van der Waals surface area contributed by atoms with Crippen molar-refractivity contribution in [3.63, 3.8) is 0 Å². The van der Waals surface area contributed by atoms with Crippen molar-refractivity contribution in [3.05, 3.63) is 0 Å². The van der Waals surface area contributed by atoms with Gasteiger partial charge in [0.25, 0.3) is 0 Å². The van der Waals surface area contributed by atoms with E-state index in [2.05, 4.69) is 0 Å². The Hall–Kier alpha value is -0.940. The molecule has 1 atom stereocenters. The third-order valence-corrected chi connectivity index (χ3v) is 3.95. The fourth-order valence-electron chi connectivity index (χ4n) is 3.14. The summed E-state index contributed by atoms with van der Waals surface area (Å²) >= 11 is 0. The molecule has 0 aliphatic heterocycles. The van der Waals surface area contributed by atoms with Gasteiger partial charge in [-0.1, -0.05) is 25.7 Å². The molecule has 0 amide bonds. The zero-order valence-corrected chi connectivity index (χ0v) is 12.9. The average molecular weight is 286 g/mol. The van der Waals surface area contributed by atoms with Crippen LogP contribution in [0.4, 0.5) is 0 Å². The van der Waals surface area contributed by atoms with Gasteiger partial charge < -0.3 is 14.7 Å². The number of rotatable bonds is 8. The Labute approximate surface area is 121 Å². The summed E-state index contributed by atoms with van der Waals surface area (Å²) in [4.78, 5) is 23.3. The van der Waals surface area contributed by atoms with Crippen molar-refractivity contribution in [1.82, 2.24) is 0 Å². The van der Waals surface area contributed by atoms with Crippen molar-refractivity contribution in [2.24, 2.45) is 5.92 Å². The quantitative estimate of drug-likeness (QED) is 0.662. The zero-order chi connectivity index (χ0) is 15.4. The molecule has 0 bridgehead atoms. The van der Waals surface area contributed by atoms with E-state index in [1.807, 2.05) is 21.1 Å². The van der Waals surface area contributed by atoms with Gasteiger partial charge in [-0.15, -0.1) is 0 Å². The van der Waals surface area contributed by atoms with E-state index in [0.717, 1.165) is 19.3 Å². The predicted octanol–water partition coefficient (Wildman–Crippen LogP) is 1.44. The van der Waals surface area contributed by atoms with E-state index in [4.69, 9.17) is 5.11 Å². The molecule has 0 aromatic heterocycles. The third-order valence-electron chi connectivity index (χ3n) is 3.95. The predicted molar refractivity (Wildman–Crippen MR) is 76.3 cm³/mol. The van der Waals surface area contributed by atoms with Gasteiger partial charge in [-0.25, -0.2) is 0 Å². The Morgan fingerprint density at radius 1 is 1.20 bits per heavy atom. The van der Waals surface area contributed by atoms with Crippen LogP contribution in [-0.4, -0.2) is 59.7 Å². The minimum atomic E-state index is -1.75. The molecule has 0 saturated heterocycles. The normalized spacial score (nSPS) is 19.8. The number of carbonyl (C=O) groups is 2. The number of Topliss-reactive ketones (excluding diaryl/α,β-unsaturated/α-hetero) is 1. The maximum Gasteiger partial charge on any atom is 0.306 e. The smallest absolute Gasteiger partial charge is 0.306 e. The van der Waals surface area contributed by atoms with Gasteiger partial charge >= 0.3 is 5.97 Å². The number of ketones is 1. The standard InChI is InChI=1S/C15H27NO4/c1-16(2,3)11-15(20,10-14(18)19)13(17)9-8-12-6-4-5-7-12/h12,20H,4-11H2,1-3H3/p+1. The minimum Gasteiger partial charge on any atom is -0.481 e. The first kappa shape index (κ1) is 17.1. The molecule has 0 heterocycles. The number of hydrogen-bond donors (Lipinski definition) is 2. The highest BCUT2D eigenvalue weighted by molar-refractivity contribution is 5.91. The second kappa shape index (κ2) is 6.68. The molecule has 1 aliphatic rings. The summed E-state index contributed by atoms with van der Waals surface area (Å²) in [5.74, 6) is -0.882. The van der Waals surface area contributed by atoms with Gasteiger partial charge in [0.15, 0.2) is 11.4 Å². The van der Waals surface area contributed by atoms with Crippen LogP contribution in [0.25, 0.3) is 0 Å². The summed E-state index contributed by atoms with van der Waals surface area (Å²) in [5, 5.41) is 19.5. The Morgan fingerprint density at radius 3 is 2.20 bits per heavy atom. The minimum absolute atomic E-state index is 0.128. The molecule has 0 aromatic rings. The van der Waals surface area contributed by atoms with Crippen molar-refractivity contribution in [2.45, 2.75) is 50.5 Å². The molecular formula is C15H28NO4+. The van der Waals surface area contributed by atoms with Crippen LogP contribution in [0.3, 0.4) is 0 Å². The first-order valence-electron chi connectivity index (χ1n) is 7.40. The van der Waals surface area contributed by atoms with E-state index in [1.54, 1.807) is 0 Å². The first-order valence-corrected chi connectivity index (χ1v) is 7.40. The number of likely N-dealkylation sites (N-methyl/N-ethyl adjacent to an activating group) is 1. The SMILES string of the molecule is C[N+](C)(C)CC(O)(CC(=O)O)C(=O)CCC1CCCC1. The van der Waals surface area contributed by atoms with Gasteiger partial charge in [0.1, 0.15) is 6.54 Å². The van der Waals surface area contributed by atoms with E-state index in [0.29, 0.717) is 10.4 Å². The molecule has 0 radical (unpaired) electrons. The highest BCUT2D eigenvalue weighted by atomic mass is 16.4. The third kappa shape index (κ3) is 5.59. The monoisotopic (exact) mass is 286 g/mol. The molecule has 1 unspecified atom stereocenters. The van der Waals surface area contributed by atoms with Gasteiger partial charge in [0.2, 0.25) is 0 Å². The van der Waals surface area contributed by atoms with Gasteiger partial charge in [-0.05, 0) is 12.3 Å². The lowest BCUT2D eigenvalue weighted by Gasteiger charge is -2.33. The maximum absolute atomic E-state index is 12.3. The molecular weight excluding hydrogens is 258 g/mol. The number of aliphatic carboxylic acids is 1. The summed E-state index contributed by atoms with van der Waals surface area (Å²) < 4.78 is 0.360. The highest BCUT2D eigenvalue weighted by Gasteiger charge is 2.42. The van der Waals surface area contributed by atoms with Gasteiger partial charge in [-0.2, -0.15) is 0 Å². The van der Waals surface area contributed by atoms with Crippen LogP contribution in [0.15, 0.2) is 0 Å². The maximum atomic E-state index is 12.3. The van der Waals surface area contributed by atoms with Crippen LogP contribution in [0.2, 0.25) is 0 Å². The Balaban J connectivity index is 2.65. The van der Waals surface area contributed by atoms with E-state index in [1.165, 1.54) is 12.8 Å². The van der Waals surface area contributed by atoms with Crippen molar-refractivity contribution in [3.8, 4) is 0 Å². The zero-order valence-electron chi connectivity index (χ0n) is 12.9. The molecule has 0 aromatic carbocycles. The lowest BCUT2D eigenvalue weighted by molar-refractivity contribution is -0.875. The number of carbonyl (C=O) groups excluding carboxylic acids is 1. The molecule has 1 fully saturated rings. The molecule has 5 heteroatoms. The van der Waals surface area contributed by atoms with E-state index < -0.39 is 18.0 Å². The van der Waals surface area contributed by atoms with Crippen LogP contribution in [-0.2, 0) is 9.59 Å². The molecule has 1 saturated carbocycles. The first-order chi connectivity index (χ1) is 9.12. The van der Waals surface area contributed by atoms with Crippen molar-refractivity contribution in [1.29, 1.82) is 0 Å². The fraction of sp³-hybridized carbons (Fsp3) is 0.867. The highest BCUT2D eigenvalue weighted by Crippen LogP contribution is 2.30. The second-order valence-electron chi connectivity index (χ2n) is 7.16. The van der Waals surface area contributed by atoms with Gasteiger partial charge in [0.05, 0.1) is 27.6 Å². The summed E-state index contributed by atoms with van der Waals surface area (Å²) in [7, 11) is 5.53. The van der Waals surface area contributed by atoms with Gasteiger partial charge in [-0.3, -0.25) is 9.59 Å². The van der Waals surface area contributed by atoms with E-state index in [9.17, 15) is 14.7 Å². The molecule has 5 nitrogen and oxygen atoms in total. The summed E-state index contributed by atoms with van der Waals surface area (Å²) in [6, 6.07) is 0. The second-order valence-corrected chi connectivity index (χ2v) is 7.16. The average Bonchev–Trinajstić information content (AvgIpc) is 2.74. The summed E-state index contributed by atoms with van der Waals surface area (Å²) in [6.45, 7) is 0.128. The fourth-order valence-corrected chi connectivity index (χ4v) is 3.14. The van der Waals surface area contributed by atoms with Gasteiger partial charge in [0, 0.05) is 6.42 Å². The Bertz CT molecular complexity index is 355. The molecule has 1 rings (SSSR count). The molecule has 20 heavy (non-hydrogen) atoms. The van der Waals surface area contributed by atoms with Crippen molar-refractivity contribution in [2.75, 3.05) is 27.7 Å². The summed E-state index contributed by atoms with van der Waals surface area (Å²) in [5.41, 5.74) is -1.75. The number of hydrogen-bond acceptors (Lipinski definition) is 3. The van der Waals surface area contributed by atoms with Crippen LogP contribution in [0.1, 0.15) is 44.9 Å². The number of quaternary nitrogens is 1. The van der Waals surface area contributed by atoms with E-state index >= 15 is 0 Å². The molecule has 0 spiro atoms. The lowest BCUT2D eigenvalue weighted by Crippen LogP contribution is -2.54. The molecule has 2 N–H and O–H groups in total. The van der Waals surface area contributed by atoms with Crippen LogP contribution >= 0.6 is 0 Å². The Kier molecular flexibility index (Phi) is 5.71. The van der Waals surface area contributed by atoms with Crippen molar-refractivity contribution >= 4 is 11.8 Å². The number of aliphatic hydroxyl groups is 1.